The minimum atomic E-state index is 1.13. The number of aromatic nitrogens is 2. The molecule has 2 heterocycles. The van der Waals surface area contributed by atoms with Gasteiger partial charge in [-0.1, -0.05) is 90.8 Å². The summed E-state index contributed by atoms with van der Waals surface area (Å²) in [6, 6.07) is 43.9. The molecular formula is C39H26N2. The van der Waals surface area contributed by atoms with E-state index in [1.165, 1.54) is 65.6 Å². The maximum absolute atomic E-state index is 5.54. The van der Waals surface area contributed by atoms with Gasteiger partial charge in [0, 0.05) is 32.6 Å². The van der Waals surface area contributed by atoms with Crippen LogP contribution >= 0.6 is 0 Å². The molecule has 0 spiro atoms. The summed E-state index contributed by atoms with van der Waals surface area (Å²) in [6.07, 6.45) is 9.32. The Bertz CT molecular complexity index is 2380. The highest BCUT2D eigenvalue weighted by atomic mass is 15.0. The lowest BCUT2D eigenvalue weighted by Gasteiger charge is -2.14. The van der Waals surface area contributed by atoms with E-state index in [9.17, 15) is 0 Å². The van der Waals surface area contributed by atoms with Gasteiger partial charge in [0.1, 0.15) is 0 Å². The second-order valence-corrected chi connectivity index (χ2v) is 10.6. The van der Waals surface area contributed by atoms with E-state index in [-0.39, 0.29) is 0 Å². The van der Waals surface area contributed by atoms with Crippen molar-refractivity contribution in [1.82, 2.24) is 9.13 Å². The number of rotatable bonds is 3. The third-order valence-electron chi connectivity index (χ3n) is 8.42. The van der Waals surface area contributed by atoms with E-state index < -0.39 is 0 Å². The largest absolute Gasteiger partial charge is 0.309 e. The predicted molar refractivity (Wildman–Crippen MR) is 175 cm³/mol. The minimum Gasteiger partial charge on any atom is -0.309 e. The van der Waals surface area contributed by atoms with Crippen LogP contribution in [0.15, 0.2) is 127 Å². The van der Waals surface area contributed by atoms with Gasteiger partial charge in [0.15, 0.2) is 0 Å². The van der Waals surface area contributed by atoms with Crippen molar-refractivity contribution in [3.05, 3.63) is 139 Å². The minimum absolute atomic E-state index is 1.13. The smallest absolute Gasteiger partial charge is 0.0549 e. The number of para-hydroxylation sites is 2. The molecule has 0 radical (unpaired) electrons. The van der Waals surface area contributed by atoms with Gasteiger partial charge >= 0.3 is 0 Å². The zero-order chi connectivity index (χ0) is 27.5. The van der Waals surface area contributed by atoms with E-state index in [0.717, 1.165) is 11.3 Å². The van der Waals surface area contributed by atoms with E-state index in [1.54, 1.807) is 6.08 Å². The second kappa shape index (κ2) is 9.01. The Labute approximate surface area is 238 Å². The molecule has 0 fully saturated rings. The van der Waals surface area contributed by atoms with Gasteiger partial charge in [0.2, 0.25) is 0 Å². The lowest BCUT2D eigenvalue weighted by molar-refractivity contribution is 1.15. The summed E-state index contributed by atoms with van der Waals surface area (Å²) in [4.78, 5) is 0. The van der Waals surface area contributed by atoms with Crippen molar-refractivity contribution in [2.24, 2.45) is 0 Å². The Morgan fingerprint density at radius 1 is 0.537 bits per heavy atom. The third-order valence-corrected chi connectivity index (χ3v) is 8.42. The molecule has 8 aromatic rings. The summed E-state index contributed by atoms with van der Waals surface area (Å²) >= 11 is 0. The molecule has 0 atom stereocenters. The van der Waals surface area contributed by atoms with Crippen LogP contribution in [0, 0.1) is 19.3 Å². The quantitative estimate of drug-likeness (QED) is 0.204. The topological polar surface area (TPSA) is 9.86 Å². The van der Waals surface area contributed by atoms with Crippen LogP contribution in [0.5, 0.6) is 0 Å². The summed E-state index contributed by atoms with van der Waals surface area (Å²) in [5.41, 5.74) is 9.48. The lowest BCUT2D eigenvalue weighted by Crippen LogP contribution is -1.98. The van der Waals surface area contributed by atoms with Gasteiger partial charge in [-0.2, -0.15) is 0 Å². The highest BCUT2D eigenvalue weighted by Gasteiger charge is 2.19. The van der Waals surface area contributed by atoms with E-state index in [2.05, 4.69) is 143 Å². The van der Waals surface area contributed by atoms with Crippen molar-refractivity contribution in [2.45, 2.75) is 6.92 Å². The van der Waals surface area contributed by atoms with Gasteiger partial charge in [0.05, 0.1) is 27.8 Å². The molecule has 0 amide bonds. The fourth-order valence-corrected chi connectivity index (χ4v) is 6.55. The van der Waals surface area contributed by atoms with Crippen LogP contribution < -0.4 is 0 Å². The second-order valence-electron chi connectivity index (χ2n) is 10.6. The van der Waals surface area contributed by atoms with Gasteiger partial charge < -0.3 is 9.13 Å². The average molecular weight is 523 g/mol. The average Bonchev–Trinajstić information content (AvgIpc) is 3.51. The van der Waals surface area contributed by atoms with Crippen molar-refractivity contribution in [3.63, 3.8) is 0 Å². The predicted octanol–water partition coefficient (Wildman–Crippen LogP) is 9.99. The molecule has 2 aromatic heterocycles. The summed E-state index contributed by atoms with van der Waals surface area (Å²) < 4.78 is 4.85. The maximum atomic E-state index is 5.54. The number of terminal acetylenes is 1. The molecule has 0 aliphatic rings. The first kappa shape index (κ1) is 23.4. The van der Waals surface area contributed by atoms with Crippen LogP contribution in [0.2, 0.25) is 0 Å². The third kappa shape index (κ3) is 3.40. The Balaban J connectivity index is 1.53. The van der Waals surface area contributed by atoms with Gasteiger partial charge in [0.25, 0.3) is 0 Å². The van der Waals surface area contributed by atoms with E-state index in [4.69, 9.17) is 6.42 Å². The number of benzene rings is 6. The summed E-state index contributed by atoms with van der Waals surface area (Å²) in [5.74, 6) is 2.63. The van der Waals surface area contributed by atoms with Crippen molar-refractivity contribution in [1.29, 1.82) is 0 Å². The first-order valence-corrected chi connectivity index (χ1v) is 13.9. The number of fused-ring (bicyclic) bond motifs is 7. The first-order valence-electron chi connectivity index (χ1n) is 13.9. The Morgan fingerprint density at radius 3 is 1.76 bits per heavy atom. The summed E-state index contributed by atoms with van der Waals surface area (Å²) in [7, 11) is 0. The molecule has 2 nitrogen and oxygen atoms in total. The standard InChI is InChI=1S/C39H26N2/c1-3-4-13-27-15-11-22-34(26(27)2)40-36-20-9-7-18-30(36)32-25-39-33(24-38(32)40)31-19-8-10-21-37(31)41(39)35-23-12-16-28-14-5-6-17-29(28)35/h1,4-25H,2H3/b13-4-. The monoisotopic (exact) mass is 522 g/mol. The molecule has 192 valence electrons. The molecule has 0 unspecified atom stereocenters. The van der Waals surface area contributed by atoms with Crippen molar-refractivity contribution < 1.29 is 0 Å². The maximum Gasteiger partial charge on any atom is 0.0549 e. The summed E-state index contributed by atoms with van der Waals surface area (Å²) in [5, 5.41) is 7.45. The normalized spacial score (nSPS) is 11.9. The van der Waals surface area contributed by atoms with Crippen LogP contribution in [0.1, 0.15) is 11.1 Å². The molecule has 0 aliphatic carbocycles. The molecule has 0 N–H and O–H groups in total. The number of hydrogen-bond acceptors (Lipinski definition) is 0. The van der Waals surface area contributed by atoms with Crippen LogP contribution in [0.3, 0.4) is 0 Å². The van der Waals surface area contributed by atoms with Crippen LogP contribution in [0.4, 0.5) is 0 Å². The highest BCUT2D eigenvalue weighted by molar-refractivity contribution is 6.19. The van der Waals surface area contributed by atoms with Gasteiger partial charge in [-0.25, -0.2) is 0 Å². The molecule has 41 heavy (non-hydrogen) atoms. The molecular weight excluding hydrogens is 496 g/mol. The van der Waals surface area contributed by atoms with Crippen LogP contribution in [-0.2, 0) is 0 Å². The Hall–Kier alpha value is -5.52. The molecule has 0 saturated carbocycles. The molecule has 8 rings (SSSR count). The van der Waals surface area contributed by atoms with Crippen molar-refractivity contribution >= 4 is 60.5 Å². The zero-order valence-electron chi connectivity index (χ0n) is 22.7. The summed E-state index contributed by atoms with van der Waals surface area (Å²) in [6.45, 7) is 2.18. The number of hydrogen-bond donors (Lipinski definition) is 0. The van der Waals surface area contributed by atoms with E-state index in [0.29, 0.717) is 0 Å². The highest BCUT2D eigenvalue weighted by Crippen LogP contribution is 2.41. The Morgan fingerprint density at radius 2 is 1.07 bits per heavy atom. The van der Waals surface area contributed by atoms with Gasteiger partial charge in [-0.15, -0.1) is 6.42 Å². The fraction of sp³-hybridized carbons (Fsp3) is 0.0256. The van der Waals surface area contributed by atoms with Crippen molar-refractivity contribution in [3.8, 4) is 23.7 Å². The van der Waals surface area contributed by atoms with Crippen LogP contribution in [-0.4, -0.2) is 9.13 Å². The lowest BCUT2D eigenvalue weighted by atomic mass is 10.1. The first-order chi connectivity index (χ1) is 20.2. The Kier molecular flexibility index (Phi) is 5.14. The molecule has 0 bridgehead atoms. The number of nitrogens with zero attached hydrogens (tertiary/aromatic N) is 2. The molecule has 6 aromatic carbocycles. The van der Waals surface area contributed by atoms with Crippen molar-refractivity contribution in [2.75, 3.05) is 0 Å². The molecule has 0 saturated heterocycles. The van der Waals surface area contributed by atoms with Crippen LogP contribution in [0.25, 0.3) is 71.8 Å². The van der Waals surface area contributed by atoms with Gasteiger partial charge in [-0.05, 0) is 72.0 Å². The zero-order valence-corrected chi connectivity index (χ0v) is 22.7. The molecule has 0 aliphatic heterocycles. The molecule has 2 heteroatoms. The van der Waals surface area contributed by atoms with Gasteiger partial charge in [-0.3, -0.25) is 0 Å². The number of allylic oxidation sites excluding steroid dienone is 1. The van der Waals surface area contributed by atoms with E-state index in [1.807, 2.05) is 6.08 Å². The van der Waals surface area contributed by atoms with E-state index >= 15 is 0 Å². The SMILES string of the molecule is C#C/C=C\c1cccc(-n2c3ccccc3c3cc4c(cc32)c2ccccc2n4-c2cccc3ccccc23)c1C. The fourth-order valence-electron chi connectivity index (χ4n) is 6.55.